The molecule has 3 aromatic rings. The molecule has 0 spiro atoms. The van der Waals surface area contributed by atoms with Crippen molar-refractivity contribution in [2.75, 3.05) is 11.9 Å². The van der Waals surface area contributed by atoms with Gasteiger partial charge in [-0.3, -0.25) is 14.9 Å². The second kappa shape index (κ2) is 6.33. The van der Waals surface area contributed by atoms with Crippen molar-refractivity contribution in [3.05, 3.63) is 82.7 Å². The molecule has 0 atom stereocenters. The molecule has 0 fully saturated rings. The van der Waals surface area contributed by atoms with Gasteiger partial charge in [-0.1, -0.05) is 18.2 Å². The van der Waals surface area contributed by atoms with E-state index in [1.165, 1.54) is 17.0 Å². The van der Waals surface area contributed by atoms with Gasteiger partial charge < -0.3 is 4.90 Å². The molecule has 0 N–H and O–H groups in total. The molecule has 3 rings (SSSR count). The van der Waals surface area contributed by atoms with E-state index in [1.807, 2.05) is 30.3 Å². The molecule has 0 aliphatic rings. The van der Waals surface area contributed by atoms with Gasteiger partial charge in [0.2, 0.25) is 0 Å². The van der Waals surface area contributed by atoms with E-state index in [0.29, 0.717) is 11.4 Å². The van der Waals surface area contributed by atoms with Crippen molar-refractivity contribution in [3.63, 3.8) is 0 Å². The van der Waals surface area contributed by atoms with E-state index in [2.05, 4.69) is 5.10 Å². The smallest absolute Gasteiger partial charge is 0.276 e. The molecule has 1 aromatic heterocycles. The topological polar surface area (TPSA) is 81.3 Å². The second-order valence-corrected chi connectivity index (χ2v) is 5.10. The fourth-order valence-electron chi connectivity index (χ4n) is 2.33. The first-order chi connectivity index (χ1) is 11.6. The van der Waals surface area contributed by atoms with Crippen LogP contribution in [0.25, 0.3) is 5.69 Å². The zero-order chi connectivity index (χ0) is 17.1. The predicted octanol–water partition coefficient (Wildman–Crippen LogP) is 3.06. The fraction of sp³-hybridized carbons (Fsp3) is 0.0588. The Morgan fingerprint density at radius 3 is 2.38 bits per heavy atom. The van der Waals surface area contributed by atoms with Crippen LogP contribution >= 0.6 is 0 Å². The van der Waals surface area contributed by atoms with Gasteiger partial charge in [-0.25, -0.2) is 4.68 Å². The number of benzene rings is 2. The minimum atomic E-state index is -0.476. The summed E-state index contributed by atoms with van der Waals surface area (Å²) in [5.41, 5.74) is 1.73. The first kappa shape index (κ1) is 15.4. The molecule has 1 heterocycles. The monoisotopic (exact) mass is 322 g/mol. The van der Waals surface area contributed by atoms with E-state index in [1.54, 1.807) is 36.1 Å². The number of carbonyl (C=O) groups is 1. The molecule has 0 radical (unpaired) electrons. The van der Waals surface area contributed by atoms with Gasteiger partial charge in [-0.2, -0.15) is 5.10 Å². The second-order valence-electron chi connectivity index (χ2n) is 5.10. The van der Waals surface area contributed by atoms with E-state index >= 15 is 0 Å². The third-order valence-electron chi connectivity index (χ3n) is 3.62. The molecule has 7 nitrogen and oxygen atoms in total. The Balaban J connectivity index is 1.90. The lowest BCUT2D eigenvalue weighted by Crippen LogP contribution is -2.28. The Morgan fingerprint density at radius 2 is 1.75 bits per heavy atom. The van der Waals surface area contributed by atoms with Gasteiger partial charge in [-0.05, 0) is 30.3 Å². The summed E-state index contributed by atoms with van der Waals surface area (Å²) in [6, 6.07) is 16.8. The fourth-order valence-corrected chi connectivity index (χ4v) is 2.33. The molecule has 0 aliphatic heterocycles. The van der Waals surface area contributed by atoms with Crippen molar-refractivity contribution in [3.8, 4) is 5.69 Å². The Kier molecular flexibility index (Phi) is 4.07. The molecular weight excluding hydrogens is 308 g/mol. The van der Waals surface area contributed by atoms with Crippen LogP contribution in [-0.4, -0.2) is 27.7 Å². The first-order valence-electron chi connectivity index (χ1n) is 7.20. The van der Waals surface area contributed by atoms with Crippen LogP contribution < -0.4 is 4.90 Å². The first-order valence-corrected chi connectivity index (χ1v) is 7.20. The quantitative estimate of drug-likeness (QED) is 0.546. The van der Waals surface area contributed by atoms with Gasteiger partial charge >= 0.3 is 0 Å². The van der Waals surface area contributed by atoms with Gasteiger partial charge in [0.25, 0.3) is 11.6 Å². The number of non-ortho nitro benzene ring substituents is 1. The molecule has 7 heteroatoms. The van der Waals surface area contributed by atoms with Gasteiger partial charge in [0.05, 0.1) is 16.8 Å². The lowest BCUT2D eigenvalue weighted by molar-refractivity contribution is -0.384. The van der Waals surface area contributed by atoms with E-state index in [-0.39, 0.29) is 11.6 Å². The highest BCUT2D eigenvalue weighted by Crippen LogP contribution is 2.20. The van der Waals surface area contributed by atoms with Crippen molar-refractivity contribution in [1.29, 1.82) is 0 Å². The molecule has 0 unspecified atom stereocenters. The maximum Gasteiger partial charge on any atom is 0.276 e. The Bertz CT molecular complexity index is 872. The van der Waals surface area contributed by atoms with Gasteiger partial charge in [0.1, 0.15) is 5.69 Å². The highest BCUT2D eigenvalue weighted by atomic mass is 16.6. The minimum absolute atomic E-state index is 0.0195. The van der Waals surface area contributed by atoms with Crippen LogP contribution in [0, 0.1) is 10.1 Å². The number of nitro groups is 1. The molecule has 1 amide bonds. The van der Waals surface area contributed by atoms with Crippen LogP contribution in [0.2, 0.25) is 0 Å². The van der Waals surface area contributed by atoms with E-state index in [0.717, 1.165) is 5.69 Å². The molecule has 120 valence electrons. The van der Waals surface area contributed by atoms with Gasteiger partial charge in [0.15, 0.2) is 0 Å². The molecule has 2 aromatic carbocycles. The van der Waals surface area contributed by atoms with Crippen molar-refractivity contribution in [2.24, 2.45) is 0 Å². The zero-order valence-electron chi connectivity index (χ0n) is 12.9. The minimum Gasteiger partial charge on any atom is -0.310 e. The molecule has 0 aliphatic carbocycles. The number of hydrogen-bond donors (Lipinski definition) is 0. The molecule has 0 saturated carbocycles. The Labute approximate surface area is 137 Å². The van der Waals surface area contributed by atoms with E-state index in [9.17, 15) is 14.9 Å². The van der Waals surface area contributed by atoms with Crippen LogP contribution in [0.15, 0.2) is 66.9 Å². The van der Waals surface area contributed by atoms with Crippen molar-refractivity contribution in [1.82, 2.24) is 9.78 Å². The Morgan fingerprint density at radius 1 is 1.08 bits per heavy atom. The number of hydrogen-bond acceptors (Lipinski definition) is 4. The summed E-state index contributed by atoms with van der Waals surface area (Å²) < 4.78 is 1.56. The third kappa shape index (κ3) is 2.87. The number of aromatic nitrogens is 2. The zero-order valence-corrected chi connectivity index (χ0v) is 12.9. The normalized spacial score (nSPS) is 10.4. The molecule has 24 heavy (non-hydrogen) atoms. The van der Waals surface area contributed by atoms with Crippen molar-refractivity contribution < 1.29 is 9.72 Å². The lowest BCUT2D eigenvalue weighted by atomic mass is 10.2. The van der Waals surface area contributed by atoms with Crippen molar-refractivity contribution in [2.45, 2.75) is 0 Å². The number of carbonyl (C=O) groups excluding carboxylic acids is 1. The highest BCUT2D eigenvalue weighted by molar-refractivity contribution is 6.04. The average molecular weight is 322 g/mol. The number of rotatable bonds is 4. The predicted molar refractivity (Wildman–Crippen MR) is 89.4 cm³/mol. The molecule has 0 bridgehead atoms. The summed E-state index contributed by atoms with van der Waals surface area (Å²) in [6.45, 7) is 0. The lowest BCUT2D eigenvalue weighted by Gasteiger charge is -2.18. The summed E-state index contributed by atoms with van der Waals surface area (Å²) in [6.07, 6.45) is 1.56. The summed E-state index contributed by atoms with van der Waals surface area (Å²) in [7, 11) is 1.62. The standard InChI is InChI=1S/C17H14N4O3/c1-19(13-7-9-15(10-8-13)21(23)24)17(22)16-11-12-18-20(16)14-5-3-2-4-6-14/h2-12H,1H3. The molecule has 0 saturated heterocycles. The number of nitro benzene ring substituents is 1. The van der Waals surface area contributed by atoms with Gasteiger partial charge in [0, 0.05) is 24.9 Å². The van der Waals surface area contributed by atoms with Crippen LogP contribution in [0.4, 0.5) is 11.4 Å². The molecular formula is C17H14N4O3. The summed E-state index contributed by atoms with van der Waals surface area (Å²) in [5.74, 6) is -0.259. The summed E-state index contributed by atoms with van der Waals surface area (Å²) >= 11 is 0. The van der Waals surface area contributed by atoms with E-state index < -0.39 is 4.92 Å². The number of para-hydroxylation sites is 1. The largest absolute Gasteiger partial charge is 0.310 e. The van der Waals surface area contributed by atoms with Gasteiger partial charge in [-0.15, -0.1) is 0 Å². The van der Waals surface area contributed by atoms with Crippen LogP contribution in [0.3, 0.4) is 0 Å². The summed E-state index contributed by atoms with van der Waals surface area (Å²) in [5, 5.41) is 14.9. The van der Waals surface area contributed by atoms with Crippen LogP contribution in [-0.2, 0) is 0 Å². The Hall–Kier alpha value is -3.48. The number of anilines is 1. The van der Waals surface area contributed by atoms with Crippen LogP contribution in [0.1, 0.15) is 10.5 Å². The van der Waals surface area contributed by atoms with Crippen LogP contribution in [0.5, 0.6) is 0 Å². The van der Waals surface area contributed by atoms with E-state index in [4.69, 9.17) is 0 Å². The highest BCUT2D eigenvalue weighted by Gasteiger charge is 2.19. The number of amides is 1. The summed E-state index contributed by atoms with van der Waals surface area (Å²) in [4.78, 5) is 24.4. The average Bonchev–Trinajstić information content (AvgIpc) is 3.11. The maximum absolute atomic E-state index is 12.8. The van der Waals surface area contributed by atoms with Crippen molar-refractivity contribution >= 4 is 17.3 Å². The third-order valence-corrected chi connectivity index (χ3v) is 3.62. The SMILES string of the molecule is CN(C(=O)c1ccnn1-c1ccccc1)c1ccc([N+](=O)[O-])cc1. The number of nitrogens with zero attached hydrogens (tertiary/aromatic N) is 4. The maximum atomic E-state index is 12.8.